The summed E-state index contributed by atoms with van der Waals surface area (Å²) in [5, 5.41) is 49.5. The van der Waals surface area contributed by atoms with Crippen molar-refractivity contribution in [2.45, 2.75) is 37.4 Å². The molecule has 0 unspecified atom stereocenters. The molecule has 192 valence electrons. The third-order valence-corrected chi connectivity index (χ3v) is 4.86. The van der Waals surface area contributed by atoms with Crippen LogP contribution in [0.3, 0.4) is 0 Å². The van der Waals surface area contributed by atoms with Gasteiger partial charge < -0.3 is 46.5 Å². The van der Waals surface area contributed by atoms with E-state index < -0.39 is 48.7 Å². The third-order valence-electron chi connectivity index (χ3n) is 4.86. The molecule has 1 saturated heterocycles. The van der Waals surface area contributed by atoms with E-state index in [-0.39, 0.29) is 42.9 Å². The zero-order chi connectivity index (χ0) is 25.7. The normalized spacial score (nSPS) is 21.9. The highest BCUT2D eigenvalue weighted by Crippen LogP contribution is 2.28. The first-order chi connectivity index (χ1) is 16.7. The second kappa shape index (κ2) is 11.3. The number of hydrogen-bond donors (Lipinski definition) is 8. The number of hydrogen-bond acceptors (Lipinski definition) is 14. The minimum atomic E-state index is -1.27. The summed E-state index contributed by atoms with van der Waals surface area (Å²) in [7, 11) is 0. The van der Waals surface area contributed by atoms with Gasteiger partial charge in [-0.05, 0) is 0 Å². The Labute approximate surface area is 195 Å². The number of primary amides is 1. The van der Waals surface area contributed by atoms with E-state index in [1.165, 1.54) is 10.9 Å². The number of aromatic nitrogens is 7. The maximum atomic E-state index is 11.5. The first-order valence-corrected chi connectivity index (χ1v) is 10.1. The van der Waals surface area contributed by atoms with E-state index in [9.17, 15) is 19.8 Å². The molecule has 10 N–H and O–H groups in total. The number of imidazole rings is 1. The van der Waals surface area contributed by atoms with Gasteiger partial charge in [-0.1, -0.05) is 0 Å². The van der Waals surface area contributed by atoms with Crippen LogP contribution < -0.4 is 17.0 Å². The van der Waals surface area contributed by atoms with Gasteiger partial charge in [-0.15, -0.1) is 5.10 Å². The van der Waals surface area contributed by atoms with Crippen LogP contribution in [0.4, 0.5) is 5.95 Å². The number of carbonyl (C=O) groups excluding carboxylic acids is 1. The fourth-order valence-electron chi connectivity index (χ4n) is 3.02. The van der Waals surface area contributed by atoms with Gasteiger partial charge in [0.25, 0.3) is 11.5 Å². The van der Waals surface area contributed by atoms with Crippen LogP contribution in [0, 0.1) is 0 Å². The number of nitrogens with zero attached hydrogens (tertiary/aromatic N) is 6. The van der Waals surface area contributed by atoms with Gasteiger partial charge in [0.2, 0.25) is 11.8 Å². The fourth-order valence-corrected chi connectivity index (χ4v) is 3.02. The highest BCUT2D eigenvalue weighted by molar-refractivity contribution is 5.88. The number of anilines is 1. The van der Waals surface area contributed by atoms with Crippen molar-refractivity contribution >= 4 is 23.0 Å². The van der Waals surface area contributed by atoms with Gasteiger partial charge in [0, 0.05) is 0 Å². The van der Waals surface area contributed by atoms with Crippen molar-refractivity contribution in [3.8, 4) is 0 Å². The van der Waals surface area contributed by atoms with Gasteiger partial charge >= 0.3 is 0 Å². The zero-order valence-corrected chi connectivity index (χ0v) is 18.1. The standard InChI is InChI=1S/C9H13N5O4.C8H12N4O5/c10-9-12-7-6(8(17)13-9)11-3-14(7)4-18-5(1-15)2-16;9-6(16)7-10-2-12(11-7)8-5(15)4(14)3(1-13)17-8/h3,5,15-16H,1-2,4H2,(H3,10,12,13,17);2-5,8,13-15H,1H2,(H2,9,16)/t;3-,4-,5-,8-/m.1/s1. The number of aliphatic hydroxyl groups is 5. The minimum Gasteiger partial charge on any atom is -0.394 e. The number of nitrogens with two attached hydrogens (primary N) is 2. The number of fused-ring (bicyclic) bond motifs is 1. The average molecular weight is 499 g/mol. The molecule has 3 aromatic rings. The quantitative estimate of drug-likeness (QED) is 0.144. The summed E-state index contributed by atoms with van der Waals surface area (Å²) in [6.45, 7) is -1.05. The van der Waals surface area contributed by atoms with E-state index in [1.807, 2.05) is 0 Å². The summed E-state index contributed by atoms with van der Waals surface area (Å²) in [6.07, 6.45) is -2.58. The maximum Gasteiger partial charge on any atom is 0.288 e. The van der Waals surface area contributed by atoms with Crippen molar-refractivity contribution < 1.29 is 39.8 Å². The first kappa shape index (κ1) is 26.1. The van der Waals surface area contributed by atoms with Crippen molar-refractivity contribution in [3.63, 3.8) is 0 Å². The van der Waals surface area contributed by atoms with Gasteiger partial charge in [0.1, 0.15) is 37.5 Å². The van der Waals surface area contributed by atoms with Crippen LogP contribution in [0.1, 0.15) is 16.8 Å². The van der Waals surface area contributed by atoms with E-state index in [2.05, 4.69) is 25.0 Å². The van der Waals surface area contributed by atoms with Crippen molar-refractivity contribution in [2.75, 3.05) is 25.6 Å². The van der Waals surface area contributed by atoms with Crippen molar-refractivity contribution in [1.82, 2.24) is 34.3 Å². The molecule has 35 heavy (non-hydrogen) atoms. The monoisotopic (exact) mass is 499 g/mol. The van der Waals surface area contributed by atoms with E-state index in [0.29, 0.717) is 0 Å². The predicted octanol–water partition coefficient (Wildman–Crippen LogP) is -4.98. The second-order valence-corrected chi connectivity index (χ2v) is 7.26. The lowest BCUT2D eigenvalue weighted by Gasteiger charge is -2.13. The third kappa shape index (κ3) is 5.77. The molecule has 4 atom stereocenters. The predicted molar refractivity (Wildman–Crippen MR) is 113 cm³/mol. The molecule has 0 spiro atoms. The maximum absolute atomic E-state index is 11.5. The molecular formula is C17H25N9O9. The Morgan fingerprint density at radius 2 is 1.91 bits per heavy atom. The molecule has 0 radical (unpaired) electrons. The minimum absolute atomic E-state index is 0.00181. The summed E-state index contributed by atoms with van der Waals surface area (Å²) in [4.78, 5) is 36.0. The van der Waals surface area contributed by atoms with Crippen molar-refractivity contribution in [3.05, 3.63) is 28.8 Å². The summed E-state index contributed by atoms with van der Waals surface area (Å²) in [5.41, 5.74) is 10.4. The summed E-state index contributed by atoms with van der Waals surface area (Å²) in [6, 6.07) is 0. The molecule has 1 amide bonds. The summed E-state index contributed by atoms with van der Waals surface area (Å²) >= 11 is 0. The molecule has 1 fully saturated rings. The molecule has 1 aliphatic rings. The summed E-state index contributed by atoms with van der Waals surface area (Å²) < 4.78 is 12.9. The molecule has 0 aromatic carbocycles. The lowest BCUT2D eigenvalue weighted by Crippen LogP contribution is -2.33. The number of rotatable bonds is 8. The first-order valence-electron chi connectivity index (χ1n) is 10.1. The van der Waals surface area contributed by atoms with Gasteiger partial charge in [-0.2, -0.15) is 4.98 Å². The van der Waals surface area contributed by atoms with Gasteiger partial charge in [0.15, 0.2) is 17.4 Å². The van der Waals surface area contributed by atoms with Crippen molar-refractivity contribution in [2.24, 2.45) is 5.73 Å². The highest BCUT2D eigenvalue weighted by atomic mass is 16.6. The van der Waals surface area contributed by atoms with E-state index in [4.69, 9.17) is 36.3 Å². The molecule has 4 rings (SSSR count). The SMILES string of the molecule is NC(=O)c1ncn([C@@H]2O[C@H](CO)[C@@H](O)[C@H]2O)n1.Nc1nc2c(ncn2COC(CO)CO)c(=O)[nH]1. The Hall–Kier alpha value is -3.52. The van der Waals surface area contributed by atoms with Crippen LogP contribution in [0.15, 0.2) is 17.4 Å². The molecule has 0 aliphatic carbocycles. The van der Waals surface area contributed by atoms with Crippen LogP contribution in [0.2, 0.25) is 0 Å². The van der Waals surface area contributed by atoms with Gasteiger partial charge in [-0.25, -0.2) is 14.6 Å². The molecule has 3 aromatic heterocycles. The van der Waals surface area contributed by atoms with Crippen molar-refractivity contribution in [1.29, 1.82) is 0 Å². The Morgan fingerprint density at radius 3 is 2.49 bits per heavy atom. The number of aromatic amines is 1. The topological polar surface area (TPSA) is 283 Å². The molecule has 18 nitrogen and oxygen atoms in total. The number of ether oxygens (including phenoxy) is 2. The molecule has 18 heteroatoms. The molecule has 4 heterocycles. The zero-order valence-electron chi connectivity index (χ0n) is 18.1. The van der Waals surface area contributed by atoms with E-state index >= 15 is 0 Å². The van der Waals surface area contributed by atoms with Crippen LogP contribution in [0.5, 0.6) is 0 Å². The molecule has 0 saturated carbocycles. The second-order valence-electron chi connectivity index (χ2n) is 7.26. The number of nitrogen functional groups attached to an aromatic ring is 1. The van der Waals surface area contributed by atoms with Gasteiger partial charge in [0.05, 0.1) is 26.1 Å². The molecule has 0 bridgehead atoms. The largest absolute Gasteiger partial charge is 0.394 e. The Bertz CT molecular complexity index is 1190. The summed E-state index contributed by atoms with van der Waals surface area (Å²) in [5.74, 6) is -1.05. The number of H-pyrrole nitrogens is 1. The lowest BCUT2D eigenvalue weighted by molar-refractivity contribution is -0.0588. The van der Waals surface area contributed by atoms with Gasteiger partial charge in [-0.3, -0.25) is 19.1 Å². The van der Waals surface area contributed by atoms with Crippen LogP contribution in [-0.2, 0) is 16.2 Å². The fraction of sp³-hybridized carbons (Fsp3) is 0.529. The Morgan fingerprint density at radius 1 is 1.20 bits per heavy atom. The smallest absolute Gasteiger partial charge is 0.288 e. The van der Waals surface area contributed by atoms with E-state index in [1.54, 1.807) is 0 Å². The van der Waals surface area contributed by atoms with Crippen LogP contribution in [0.25, 0.3) is 11.2 Å². The Kier molecular flexibility index (Phi) is 8.40. The molecular weight excluding hydrogens is 474 g/mol. The highest BCUT2D eigenvalue weighted by Gasteiger charge is 2.44. The van der Waals surface area contributed by atoms with E-state index in [0.717, 1.165) is 11.0 Å². The number of nitrogens with one attached hydrogen (secondary N) is 1. The number of amides is 1. The average Bonchev–Trinajstić information content (AvgIpc) is 3.54. The van der Waals surface area contributed by atoms with Crippen LogP contribution >= 0.6 is 0 Å². The number of aliphatic hydroxyl groups excluding tert-OH is 5. The Balaban J connectivity index is 0.000000196. The molecule has 1 aliphatic heterocycles. The number of carbonyl (C=O) groups is 1. The lowest BCUT2D eigenvalue weighted by atomic mass is 10.1. The van der Waals surface area contributed by atoms with Crippen LogP contribution in [-0.4, -0.2) is 110 Å².